The molecule has 2 atom stereocenters. The first-order valence-corrected chi connectivity index (χ1v) is 6.44. The predicted molar refractivity (Wildman–Crippen MR) is 67.1 cm³/mol. The number of ether oxygens (including phenoxy) is 1. The van der Waals surface area contributed by atoms with Crippen LogP contribution in [0.1, 0.15) is 23.6 Å². The van der Waals surface area contributed by atoms with Gasteiger partial charge in [0.2, 0.25) is 0 Å². The topological polar surface area (TPSA) is 58.6 Å². The van der Waals surface area contributed by atoms with E-state index >= 15 is 0 Å². The van der Waals surface area contributed by atoms with E-state index in [0.717, 1.165) is 23.3 Å². The number of fused-ring (bicyclic) bond motifs is 1. The van der Waals surface area contributed by atoms with Gasteiger partial charge in [-0.05, 0) is 24.1 Å². The van der Waals surface area contributed by atoms with Gasteiger partial charge in [-0.25, -0.2) is 0 Å². The second kappa shape index (κ2) is 4.44. The maximum absolute atomic E-state index is 11.0. The van der Waals surface area contributed by atoms with E-state index in [1.165, 1.54) is 0 Å². The Kier molecular flexibility index (Phi) is 2.92. The van der Waals surface area contributed by atoms with Gasteiger partial charge in [0, 0.05) is 29.6 Å². The zero-order chi connectivity index (χ0) is 12.7. The van der Waals surface area contributed by atoms with E-state index in [1.807, 2.05) is 12.1 Å². The van der Waals surface area contributed by atoms with E-state index < -0.39 is 5.97 Å². The number of carboxylic acid groups (broad SMARTS) is 1. The monoisotopic (exact) mass is 267 g/mol. The molecular formula is C13H14ClNO3. The number of benzene rings is 1. The van der Waals surface area contributed by atoms with Gasteiger partial charge >= 0.3 is 5.97 Å². The molecule has 4 nitrogen and oxygen atoms in total. The molecule has 2 unspecified atom stereocenters. The first kappa shape index (κ1) is 11.8. The molecule has 18 heavy (non-hydrogen) atoms. The highest BCUT2D eigenvalue weighted by molar-refractivity contribution is 6.30. The van der Waals surface area contributed by atoms with Gasteiger partial charge in [0.05, 0.1) is 12.5 Å². The van der Waals surface area contributed by atoms with Gasteiger partial charge in [-0.2, -0.15) is 0 Å². The quantitative estimate of drug-likeness (QED) is 0.861. The maximum atomic E-state index is 11.0. The van der Waals surface area contributed by atoms with Crippen molar-refractivity contribution in [3.8, 4) is 5.75 Å². The standard InChI is InChI=1S/C13H14ClNO3/c14-9-3-7-1-2-18-12(7)10(5-9)11-4-8(6-15-11)13(16)17/h3,5,8,11,15H,1-2,4,6H2,(H,16,17). The van der Waals surface area contributed by atoms with Crippen LogP contribution in [0.3, 0.4) is 0 Å². The average molecular weight is 268 g/mol. The predicted octanol–water partition coefficient (Wildman–Crippen LogP) is 2.01. The van der Waals surface area contributed by atoms with Crippen molar-refractivity contribution in [1.29, 1.82) is 0 Å². The lowest BCUT2D eigenvalue weighted by molar-refractivity contribution is -0.141. The zero-order valence-corrected chi connectivity index (χ0v) is 10.5. The SMILES string of the molecule is O=C(O)C1CNC(c2cc(Cl)cc3c2OCC3)C1. The molecule has 2 N–H and O–H groups in total. The third-order valence-corrected chi connectivity index (χ3v) is 3.85. The number of rotatable bonds is 2. The highest BCUT2D eigenvalue weighted by Crippen LogP contribution is 2.39. The van der Waals surface area contributed by atoms with Crippen LogP contribution in [-0.4, -0.2) is 24.2 Å². The fourth-order valence-electron chi connectivity index (χ4n) is 2.72. The Hall–Kier alpha value is -1.26. The van der Waals surface area contributed by atoms with Crippen molar-refractivity contribution in [2.45, 2.75) is 18.9 Å². The molecule has 1 aromatic rings. The van der Waals surface area contributed by atoms with Crippen molar-refractivity contribution >= 4 is 17.6 Å². The van der Waals surface area contributed by atoms with Gasteiger partial charge in [-0.3, -0.25) is 4.79 Å². The molecule has 1 fully saturated rings. The van der Waals surface area contributed by atoms with Crippen LogP contribution < -0.4 is 10.1 Å². The van der Waals surface area contributed by atoms with Crippen LogP contribution >= 0.6 is 11.6 Å². The second-order valence-corrected chi connectivity index (χ2v) is 5.25. The summed E-state index contributed by atoms with van der Waals surface area (Å²) in [6.45, 7) is 1.18. The fourth-order valence-corrected chi connectivity index (χ4v) is 2.97. The third kappa shape index (κ3) is 1.95. The van der Waals surface area contributed by atoms with Gasteiger partial charge in [-0.1, -0.05) is 11.6 Å². The van der Waals surface area contributed by atoms with E-state index in [2.05, 4.69) is 5.32 Å². The molecule has 0 amide bonds. The lowest BCUT2D eigenvalue weighted by Gasteiger charge is -2.15. The molecule has 2 aliphatic heterocycles. The molecule has 0 aliphatic carbocycles. The summed E-state index contributed by atoms with van der Waals surface area (Å²) in [6, 6.07) is 3.83. The first-order valence-electron chi connectivity index (χ1n) is 6.06. The molecular weight excluding hydrogens is 254 g/mol. The maximum Gasteiger partial charge on any atom is 0.307 e. The van der Waals surface area contributed by atoms with Crippen molar-refractivity contribution in [1.82, 2.24) is 5.32 Å². The molecule has 2 aliphatic rings. The Morgan fingerprint density at radius 2 is 2.33 bits per heavy atom. The minimum absolute atomic E-state index is 0.0247. The Morgan fingerprint density at radius 1 is 1.50 bits per heavy atom. The number of aliphatic carboxylic acids is 1. The average Bonchev–Trinajstić information content (AvgIpc) is 2.95. The smallest absolute Gasteiger partial charge is 0.307 e. The molecule has 1 aromatic carbocycles. The van der Waals surface area contributed by atoms with Crippen molar-refractivity contribution in [3.05, 3.63) is 28.3 Å². The number of hydrogen-bond donors (Lipinski definition) is 2. The number of halogens is 1. The van der Waals surface area contributed by atoms with E-state index in [0.29, 0.717) is 24.6 Å². The van der Waals surface area contributed by atoms with Crippen LogP contribution in [0.4, 0.5) is 0 Å². The van der Waals surface area contributed by atoms with Gasteiger partial charge < -0.3 is 15.2 Å². The van der Waals surface area contributed by atoms with Gasteiger partial charge in [0.15, 0.2) is 0 Å². The van der Waals surface area contributed by atoms with Crippen molar-refractivity contribution in [2.24, 2.45) is 5.92 Å². The number of carbonyl (C=O) groups is 1. The highest BCUT2D eigenvalue weighted by atomic mass is 35.5. The normalized spacial score (nSPS) is 25.8. The summed E-state index contributed by atoms with van der Waals surface area (Å²) in [5.74, 6) is -0.182. The number of carboxylic acids is 1. The third-order valence-electron chi connectivity index (χ3n) is 3.63. The van der Waals surface area contributed by atoms with Crippen LogP contribution in [0.5, 0.6) is 5.75 Å². The van der Waals surface area contributed by atoms with Crippen LogP contribution in [0.2, 0.25) is 5.02 Å². The summed E-state index contributed by atoms with van der Waals surface area (Å²) in [7, 11) is 0. The summed E-state index contributed by atoms with van der Waals surface area (Å²) in [5, 5.41) is 13.0. The van der Waals surface area contributed by atoms with Gasteiger partial charge in [0.1, 0.15) is 5.75 Å². The van der Waals surface area contributed by atoms with Crippen LogP contribution in [-0.2, 0) is 11.2 Å². The fraction of sp³-hybridized carbons (Fsp3) is 0.462. The summed E-state index contributed by atoms with van der Waals surface area (Å²) in [5.41, 5.74) is 2.12. The molecule has 0 spiro atoms. The summed E-state index contributed by atoms with van der Waals surface area (Å²) < 4.78 is 5.65. The molecule has 2 heterocycles. The Morgan fingerprint density at radius 3 is 3.06 bits per heavy atom. The molecule has 3 rings (SSSR count). The number of nitrogens with one attached hydrogen (secondary N) is 1. The Balaban J connectivity index is 1.91. The number of hydrogen-bond acceptors (Lipinski definition) is 3. The molecule has 0 radical (unpaired) electrons. The molecule has 5 heteroatoms. The van der Waals surface area contributed by atoms with Crippen LogP contribution in [0.25, 0.3) is 0 Å². The van der Waals surface area contributed by atoms with Crippen LogP contribution in [0.15, 0.2) is 12.1 Å². The molecule has 0 bridgehead atoms. The lowest BCUT2D eigenvalue weighted by Crippen LogP contribution is -2.17. The van der Waals surface area contributed by atoms with Crippen LogP contribution in [0, 0.1) is 5.92 Å². The first-order chi connectivity index (χ1) is 8.65. The molecule has 96 valence electrons. The summed E-state index contributed by atoms with van der Waals surface area (Å²) in [4.78, 5) is 11.0. The van der Waals surface area contributed by atoms with Crippen molar-refractivity contribution in [3.63, 3.8) is 0 Å². The molecule has 0 saturated carbocycles. The largest absolute Gasteiger partial charge is 0.493 e. The van der Waals surface area contributed by atoms with E-state index in [-0.39, 0.29) is 12.0 Å². The Labute approximate surface area is 110 Å². The van der Waals surface area contributed by atoms with E-state index in [9.17, 15) is 4.79 Å². The second-order valence-electron chi connectivity index (χ2n) is 4.81. The van der Waals surface area contributed by atoms with Crippen molar-refractivity contribution < 1.29 is 14.6 Å². The molecule has 1 saturated heterocycles. The lowest BCUT2D eigenvalue weighted by atomic mass is 9.97. The van der Waals surface area contributed by atoms with Crippen molar-refractivity contribution in [2.75, 3.05) is 13.2 Å². The zero-order valence-electron chi connectivity index (χ0n) is 9.78. The highest BCUT2D eigenvalue weighted by Gasteiger charge is 2.33. The van der Waals surface area contributed by atoms with E-state index in [1.54, 1.807) is 0 Å². The molecule has 0 aromatic heterocycles. The Bertz CT molecular complexity index is 503. The van der Waals surface area contributed by atoms with Gasteiger partial charge in [-0.15, -0.1) is 0 Å². The summed E-state index contributed by atoms with van der Waals surface area (Å²) in [6.07, 6.45) is 1.46. The van der Waals surface area contributed by atoms with Gasteiger partial charge in [0.25, 0.3) is 0 Å². The summed E-state index contributed by atoms with van der Waals surface area (Å²) >= 11 is 6.11. The minimum Gasteiger partial charge on any atom is -0.493 e. The van der Waals surface area contributed by atoms with E-state index in [4.69, 9.17) is 21.4 Å². The minimum atomic E-state index is -0.746.